The minimum Gasteiger partial charge on any atom is -0.447 e. The van der Waals surface area contributed by atoms with Gasteiger partial charge in [-0.15, -0.1) is 0 Å². The number of hydrogen-bond donors (Lipinski definition) is 1. The average molecular weight is 603 g/mol. The molecule has 2 N–H and O–H groups in total. The molecule has 1 aromatic heterocycles. The van der Waals surface area contributed by atoms with E-state index in [1.807, 2.05) is 12.1 Å². The molecule has 2 fully saturated rings. The molecule has 18 heteroatoms. The maximum Gasteiger partial charge on any atom is 0.490 e. The lowest BCUT2D eigenvalue weighted by molar-refractivity contribution is -0.219. The van der Waals surface area contributed by atoms with Crippen molar-refractivity contribution >= 4 is 41.6 Å². The first-order valence-corrected chi connectivity index (χ1v) is 12.6. The maximum atomic E-state index is 13.2. The zero-order chi connectivity index (χ0) is 31.0. The van der Waals surface area contributed by atoms with Gasteiger partial charge in [-0.25, -0.2) is 9.59 Å². The number of piperazine rings is 2. The van der Waals surface area contributed by atoms with E-state index in [0.717, 1.165) is 17.7 Å². The van der Waals surface area contributed by atoms with Crippen LogP contribution < -0.4 is 10.6 Å². The summed E-state index contributed by atoms with van der Waals surface area (Å²) < 4.78 is 45.6. The molecule has 3 atom stereocenters. The number of nitrogens with zero attached hydrogens (tertiary/aromatic N) is 5. The number of hydroxylamine groups is 2. The minimum absolute atomic E-state index is 0.220. The Labute approximate surface area is 237 Å². The highest BCUT2D eigenvalue weighted by Gasteiger charge is 2.46. The number of hydrogen-bond acceptors (Lipinski definition) is 12. The van der Waals surface area contributed by atoms with Crippen molar-refractivity contribution in [1.82, 2.24) is 19.8 Å². The number of carbonyl (C=O) groups is 6. The molecule has 0 saturated carbocycles. The third-order valence-corrected chi connectivity index (χ3v) is 6.52. The van der Waals surface area contributed by atoms with Gasteiger partial charge in [0, 0.05) is 57.9 Å². The van der Waals surface area contributed by atoms with Gasteiger partial charge >= 0.3 is 18.1 Å². The lowest BCUT2D eigenvalue weighted by atomic mass is 10.0. The van der Waals surface area contributed by atoms with Crippen LogP contribution in [0.2, 0.25) is 0 Å². The second-order valence-electron chi connectivity index (χ2n) is 9.17. The number of nitrogens with two attached hydrogens (primary N) is 1. The van der Waals surface area contributed by atoms with Crippen molar-refractivity contribution in [3.05, 3.63) is 24.5 Å². The van der Waals surface area contributed by atoms with E-state index in [0.29, 0.717) is 31.2 Å². The highest BCUT2D eigenvalue weighted by atomic mass is 19.4. The van der Waals surface area contributed by atoms with E-state index in [1.54, 1.807) is 17.3 Å². The number of pyridine rings is 1. The van der Waals surface area contributed by atoms with E-state index in [1.165, 1.54) is 0 Å². The number of alkyl halides is 3. The van der Waals surface area contributed by atoms with Crippen molar-refractivity contribution in [3.63, 3.8) is 0 Å². The number of ether oxygens (including phenoxy) is 2. The lowest BCUT2D eigenvalue weighted by Gasteiger charge is -2.41. The van der Waals surface area contributed by atoms with Gasteiger partial charge in [-0.2, -0.15) is 18.2 Å². The van der Waals surface area contributed by atoms with Crippen molar-refractivity contribution in [3.8, 4) is 0 Å². The molecule has 230 valence electrons. The summed E-state index contributed by atoms with van der Waals surface area (Å²) in [6.45, 7) is -0.426. The number of methoxy groups -OCH3 is 1. The Kier molecular flexibility index (Phi) is 10.8. The molecule has 2 saturated heterocycles. The van der Waals surface area contributed by atoms with Crippen molar-refractivity contribution in [2.24, 2.45) is 5.73 Å². The molecule has 0 radical (unpaired) electrons. The van der Waals surface area contributed by atoms with Gasteiger partial charge in [-0.3, -0.25) is 19.4 Å². The lowest BCUT2D eigenvalue weighted by Crippen LogP contribution is -2.65. The summed E-state index contributed by atoms with van der Waals surface area (Å²) in [5, 5.41) is 0.409. The highest BCUT2D eigenvalue weighted by Crippen LogP contribution is 2.20. The number of halogens is 3. The number of esters is 1. The van der Waals surface area contributed by atoms with Crippen LogP contribution >= 0.6 is 0 Å². The number of aromatic nitrogens is 1. The van der Waals surface area contributed by atoms with E-state index < -0.39 is 73.6 Å². The van der Waals surface area contributed by atoms with E-state index in [4.69, 9.17) is 15.3 Å². The maximum absolute atomic E-state index is 13.2. The van der Waals surface area contributed by atoms with Crippen LogP contribution in [0.15, 0.2) is 24.5 Å². The Bertz CT molecular complexity index is 1160. The normalized spacial score (nSPS) is 19.2. The molecule has 1 aromatic rings. The first kappa shape index (κ1) is 32.2. The predicted molar refractivity (Wildman–Crippen MR) is 133 cm³/mol. The van der Waals surface area contributed by atoms with Crippen LogP contribution in [0.1, 0.15) is 6.42 Å². The molecule has 3 rings (SSSR count). The average Bonchev–Trinajstić information content (AvgIpc) is 2.97. The summed E-state index contributed by atoms with van der Waals surface area (Å²) in [6, 6.07) is 0.620. The largest absolute Gasteiger partial charge is 0.490 e. The number of rotatable bonds is 10. The van der Waals surface area contributed by atoms with Gasteiger partial charge in [0.1, 0.15) is 12.1 Å². The van der Waals surface area contributed by atoms with Crippen LogP contribution in [0.25, 0.3) is 0 Å². The third kappa shape index (κ3) is 7.90. The van der Waals surface area contributed by atoms with E-state index >= 15 is 0 Å². The standard InChI is InChI=1S/C24H29F3N6O9/c1-40-17(13-34)20-22(38)33(42-19(36)14-41-23(39)24(25,26)27)11-10-32(20)21(37)16(28)12-18(35)31-8-6-30(7-9-31)15-2-4-29-5-3-15/h2-5,13,16-17,20H,6-12,14,28H2,1H3/t16?,17?,20-/m0/s1. The Morgan fingerprint density at radius 2 is 1.74 bits per heavy atom. The molecule has 42 heavy (non-hydrogen) atoms. The van der Waals surface area contributed by atoms with Gasteiger partial charge in [0.2, 0.25) is 11.8 Å². The molecule has 3 amide bonds. The van der Waals surface area contributed by atoms with Crippen molar-refractivity contribution < 1.29 is 56.2 Å². The predicted octanol–water partition coefficient (Wildman–Crippen LogP) is -1.74. The van der Waals surface area contributed by atoms with E-state index in [9.17, 15) is 41.9 Å². The molecular weight excluding hydrogens is 573 g/mol. The van der Waals surface area contributed by atoms with Crippen molar-refractivity contribution in [2.45, 2.75) is 30.8 Å². The quantitative estimate of drug-likeness (QED) is 0.236. The van der Waals surface area contributed by atoms with Crippen molar-refractivity contribution in [1.29, 1.82) is 0 Å². The van der Waals surface area contributed by atoms with E-state index in [-0.39, 0.29) is 12.8 Å². The van der Waals surface area contributed by atoms with Crippen LogP contribution in [0, 0.1) is 0 Å². The van der Waals surface area contributed by atoms with Gasteiger partial charge < -0.3 is 39.5 Å². The molecular formula is C24H29F3N6O9. The Balaban J connectivity index is 1.60. The summed E-state index contributed by atoms with van der Waals surface area (Å²) >= 11 is 0. The molecule has 15 nitrogen and oxygen atoms in total. The van der Waals surface area contributed by atoms with Gasteiger partial charge in [0.25, 0.3) is 5.91 Å². The summed E-state index contributed by atoms with van der Waals surface area (Å²) in [6.07, 6.45) is -3.75. The molecule has 3 heterocycles. The van der Waals surface area contributed by atoms with Crippen LogP contribution in [0.4, 0.5) is 18.9 Å². The fourth-order valence-corrected chi connectivity index (χ4v) is 4.39. The molecule has 0 bridgehead atoms. The number of aldehydes is 1. The van der Waals surface area contributed by atoms with Gasteiger partial charge in [0.15, 0.2) is 12.9 Å². The second kappa shape index (κ2) is 14.0. The smallest absolute Gasteiger partial charge is 0.447 e. The Morgan fingerprint density at radius 3 is 2.31 bits per heavy atom. The van der Waals surface area contributed by atoms with Crippen LogP contribution in [-0.4, -0.2) is 133 Å². The summed E-state index contributed by atoms with van der Waals surface area (Å²) in [5.74, 6) is -6.54. The van der Waals surface area contributed by atoms with Crippen LogP contribution in [0.3, 0.4) is 0 Å². The van der Waals surface area contributed by atoms with Crippen molar-refractivity contribution in [2.75, 3.05) is 57.9 Å². The first-order chi connectivity index (χ1) is 19.9. The molecule has 2 aliphatic rings. The Hall–Kier alpha value is -4.32. The SMILES string of the molecule is COC(C=O)[C@H]1C(=O)N(OC(=O)COC(=O)C(F)(F)F)CCN1C(=O)C(N)CC(=O)N1CCN(c2ccncc2)CC1. The number of amides is 3. The monoisotopic (exact) mass is 602 g/mol. The van der Waals surface area contributed by atoms with Crippen LogP contribution in [-0.2, 0) is 43.1 Å². The van der Waals surface area contributed by atoms with Gasteiger partial charge in [0.05, 0.1) is 19.0 Å². The topological polar surface area (TPSA) is 182 Å². The molecule has 0 spiro atoms. The minimum atomic E-state index is -5.35. The van der Waals surface area contributed by atoms with Crippen LogP contribution in [0.5, 0.6) is 0 Å². The summed E-state index contributed by atoms with van der Waals surface area (Å²) in [7, 11) is 1.08. The zero-order valence-electron chi connectivity index (χ0n) is 22.4. The molecule has 0 aliphatic carbocycles. The second-order valence-corrected chi connectivity index (χ2v) is 9.17. The molecule has 2 aliphatic heterocycles. The third-order valence-electron chi connectivity index (χ3n) is 6.52. The number of carbonyl (C=O) groups excluding carboxylic acids is 6. The fourth-order valence-electron chi connectivity index (χ4n) is 4.39. The molecule has 2 unspecified atom stereocenters. The van der Waals surface area contributed by atoms with E-state index in [2.05, 4.69) is 14.6 Å². The highest BCUT2D eigenvalue weighted by molar-refractivity contribution is 5.95. The summed E-state index contributed by atoms with van der Waals surface area (Å²) in [4.78, 5) is 86.8. The zero-order valence-corrected chi connectivity index (χ0v) is 22.4. The fraction of sp³-hybridized carbons (Fsp3) is 0.542. The van der Waals surface area contributed by atoms with Gasteiger partial charge in [-0.05, 0) is 12.1 Å². The first-order valence-electron chi connectivity index (χ1n) is 12.6. The number of anilines is 1. The Morgan fingerprint density at radius 1 is 1.10 bits per heavy atom. The molecule has 0 aromatic carbocycles. The summed E-state index contributed by atoms with van der Waals surface area (Å²) in [5.41, 5.74) is 7.00. The van der Waals surface area contributed by atoms with Gasteiger partial charge in [-0.1, -0.05) is 0 Å².